The minimum Gasteiger partial charge on any atom is -0.345 e. The van der Waals surface area contributed by atoms with Gasteiger partial charge in [0.15, 0.2) is 0 Å². The summed E-state index contributed by atoms with van der Waals surface area (Å²) in [6, 6.07) is 16.5. The Bertz CT molecular complexity index is 1050. The lowest BCUT2D eigenvalue weighted by Gasteiger charge is -2.13. The van der Waals surface area contributed by atoms with Gasteiger partial charge in [-0.1, -0.05) is 47.5 Å². The maximum absolute atomic E-state index is 12.4. The summed E-state index contributed by atoms with van der Waals surface area (Å²) in [4.78, 5) is 26.8. The molecule has 0 unspecified atom stereocenters. The fourth-order valence-corrected chi connectivity index (χ4v) is 4.24. The Morgan fingerprint density at radius 1 is 1.00 bits per heavy atom. The van der Waals surface area contributed by atoms with E-state index >= 15 is 0 Å². The molecule has 3 rings (SSSR count). The van der Waals surface area contributed by atoms with Gasteiger partial charge in [-0.2, -0.15) is 0 Å². The van der Waals surface area contributed by atoms with E-state index in [1.54, 1.807) is 32.3 Å². The predicted molar refractivity (Wildman–Crippen MR) is 118 cm³/mol. The molecule has 2 amide bonds. The fourth-order valence-electron chi connectivity index (χ4n) is 2.73. The average molecular weight is 433 g/mol. The molecule has 0 bridgehead atoms. The molecule has 0 aliphatic carbocycles. The minimum absolute atomic E-state index is 0.170. The standard InChI is InChI=1S/C21H18Cl2N2O2S/c1-25(2)21(27)15-10-9-14(11-17(15)23)24-19(26)12-28-18-8-4-6-13-5-3-7-16(22)20(13)18/h3-11H,12H2,1-2H3,(H,24,26). The molecule has 0 aliphatic rings. The van der Waals surface area contributed by atoms with Crippen molar-refractivity contribution in [3.63, 3.8) is 0 Å². The third kappa shape index (κ3) is 4.61. The summed E-state index contributed by atoms with van der Waals surface area (Å²) in [5, 5.41) is 5.74. The molecular formula is C21H18Cl2N2O2S. The summed E-state index contributed by atoms with van der Waals surface area (Å²) in [6.45, 7) is 0. The number of amides is 2. The van der Waals surface area contributed by atoms with Crippen LogP contribution in [0.15, 0.2) is 59.5 Å². The molecule has 0 radical (unpaired) electrons. The second-order valence-electron chi connectivity index (χ2n) is 6.33. The van der Waals surface area contributed by atoms with Crippen LogP contribution < -0.4 is 5.32 Å². The summed E-state index contributed by atoms with van der Waals surface area (Å²) in [6.07, 6.45) is 0. The number of nitrogens with zero attached hydrogens (tertiary/aromatic N) is 1. The second-order valence-corrected chi connectivity index (χ2v) is 8.16. The summed E-state index contributed by atoms with van der Waals surface area (Å²) in [7, 11) is 3.32. The van der Waals surface area contributed by atoms with Crippen molar-refractivity contribution in [2.45, 2.75) is 4.90 Å². The number of hydrogen-bond donors (Lipinski definition) is 1. The molecule has 1 N–H and O–H groups in total. The molecule has 0 heterocycles. The number of fused-ring (bicyclic) bond motifs is 1. The van der Waals surface area contributed by atoms with Crippen LogP contribution in [0.4, 0.5) is 5.69 Å². The van der Waals surface area contributed by atoms with E-state index in [2.05, 4.69) is 5.32 Å². The molecule has 0 atom stereocenters. The van der Waals surface area contributed by atoms with Gasteiger partial charge in [-0.05, 0) is 35.7 Å². The number of anilines is 1. The van der Waals surface area contributed by atoms with Crippen molar-refractivity contribution in [3.8, 4) is 0 Å². The number of rotatable bonds is 5. The molecule has 0 aliphatic heterocycles. The van der Waals surface area contributed by atoms with E-state index in [-0.39, 0.29) is 17.6 Å². The molecule has 144 valence electrons. The van der Waals surface area contributed by atoms with Crippen molar-refractivity contribution < 1.29 is 9.59 Å². The zero-order valence-corrected chi connectivity index (χ0v) is 17.7. The highest BCUT2D eigenvalue weighted by molar-refractivity contribution is 8.00. The van der Waals surface area contributed by atoms with Crippen LogP contribution in [0, 0.1) is 0 Å². The lowest BCUT2D eigenvalue weighted by atomic mass is 10.1. The first-order chi connectivity index (χ1) is 13.4. The average Bonchev–Trinajstić information content (AvgIpc) is 2.66. The quantitative estimate of drug-likeness (QED) is 0.535. The molecule has 28 heavy (non-hydrogen) atoms. The van der Waals surface area contributed by atoms with E-state index in [4.69, 9.17) is 23.2 Å². The summed E-state index contributed by atoms with van der Waals surface area (Å²) in [5.41, 5.74) is 0.936. The van der Waals surface area contributed by atoms with Crippen molar-refractivity contribution in [1.82, 2.24) is 4.90 Å². The Hall–Kier alpha value is -2.21. The summed E-state index contributed by atoms with van der Waals surface area (Å²) in [5.74, 6) is -0.136. The van der Waals surface area contributed by atoms with Gasteiger partial charge in [0.1, 0.15) is 0 Å². The monoisotopic (exact) mass is 432 g/mol. The number of benzene rings is 3. The highest BCUT2D eigenvalue weighted by Crippen LogP contribution is 2.33. The van der Waals surface area contributed by atoms with E-state index in [9.17, 15) is 9.59 Å². The maximum Gasteiger partial charge on any atom is 0.254 e. The van der Waals surface area contributed by atoms with Gasteiger partial charge >= 0.3 is 0 Å². The molecule has 0 spiro atoms. The van der Waals surface area contributed by atoms with Gasteiger partial charge < -0.3 is 10.2 Å². The molecule has 0 saturated heterocycles. The van der Waals surface area contributed by atoms with Gasteiger partial charge in [-0.15, -0.1) is 11.8 Å². The Kier molecular flexibility index (Phi) is 6.50. The van der Waals surface area contributed by atoms with Crippen LogP contribution in [0.3, 0.4) is 0 Å². The molecule has 3 aromatic carbocycles. The number of hydrogen-bond acceptors (Lipinski definition) is 3. The first-order valence-electron chi connectivity index (χ1n) is 8.48. The van der Waals surface area contributed by atoms with Crippen molar-refractivity contribution >= 4 is 63.2 Å². The van der Waals surface area contributed by atoms with Crippen molar-refractivity contribution in [3.05, 3.63) is 70.2 Å². The molecule has 0 aromatic heterocycles. The predicted octanol–water partition coefficient (Wildman–Crippen LogP) is 5.58. The Morgan fingerprint density at radius 3 is 2.39 bits per heavy atom. The molecule has 7 heteroatoms. The third-order valence-corrected chi connectivity index (χ3v) is 5.75. The third-order valence-electron chi connectivity index (χ3n) is 4.06. The summed E-state index contributed by atoms with van der Waals surface area (Å²) < 4.78 is 0. The zero-order valence-electron chi connectivity index (χ0n) is 15.3. The first kappa shape index (κ1) is 20.5. The van der Waals surface area contributed by atoms with E-state index in [1.165, 1.54) is 16.7 Å². The number of carbonyl (C=O) groups excluding carboxylic acids is 2. The normalized spacial score (nSPS) is 10.7. The van der Waals surface area contributed by atoms with Gasteiger partial charge in [0.05, 0.1) is 16.3 Å². The number of nitrogens with one attached hydrogen (secondary N) is 1. The van der Waals surface area contributed by atoms with Crippen LogP contribution in [0.2, 0.25) is 10.0 Å². The molecule has 4 nitrogen and oxygen atoms in total. The highest BCUT2D eigenvalue weighted by Gasteiger charge is 2.14. The van der Waals surface area contributed by atoms with Crippen LogP contribution in [0.25, 0.3) is 10.8 Å². The van der Waals surface area contributed by atoms with Crippen LogP contribution in [-0.2, 0) is 4.79 Å². The Labute approximate surface area is 177 Å². The molecule has 0 fully saturated rings. The van der Waals surface area contributed by atoms with Crippen LogP contribution >= 0.6 is 35.0 Å². The zero-order chi connectivity index (χ0) is 20.3. The lowest BCUT2D eigenvalue weighted by Crippen LogP contribution is -2.22. The second kappa shape index (κ2) is 8.86. The number of carbonyl (C=O) groups is 2. The van der Waals surface area contributed by atoms with Crippen LogP contribution in [0.1, 0.15) is 10.4 Å². The van der Waals surface area contributed by atoms with Crippen molar-refractivity contribution in [2.24, 2.45) is 0 Å². The maximum atomic E-state index is 12.4. The Morgan fingerprint density at radius 2 is 1.71 bits per heavy atom. The van der Waals surface area contributed by atoms with Crippen LogP contribution in [0.5, 0.6) is 0 Å². The van der Waals surface area contributed by atoms with Gasteiger partial charge in [0.2, 0.25) is 5.91 Å². The largest absolute Gasteiger partial charge is 0.345 e. The summed E-state index contributed by atoms with van der Waals surface area (Å²) >= 11 is 13.9. The Balaban J connectivity index is 1.69. The number of thioether (sulfide) groups is 1. The van der Waals surface area contributed by atoms with Crippen molar-refractivity contribution in [1.29, 1.82) is 0 Å². The van der Waals surface area contributed by atoms with E-state index in [0.29, 0.717) is 21.3 Å². The molecular weight excluding hydrogens is 415 g/mol. The lowest BCUT2D eigenvalue weighted by molar-refractivity contribution is -0.113. The van der Waals surface area contributed by atoms with Gasteiger partial charge in [-0.3, -0.25) is 9.59 Å². The topological polar surface area (TPSA) is 49.4 Å². The van der Waals surface area contributed by atoms with Gasteiger partial charge in [-0.25, -0.2) is 0 Å². The smallest absolute Gasteiger partial charge is 0.254 e. The number of halogens is 2. The minimum atomic E-state index is -0.189. The molecule has 0 saturated carbocycles. The van der Waals surface area contributed by atoms with Crippen LogP contribution in [-0.4, -0.2) is 36.6 Å². The fraction of sp³-hybridized carbons (Fsp3) is 0.143. The van der Waals surface area contributed by atoms with Gasteiger partial charge in [0.25, 0.3) is 5.91 Å². The van der Waals surface area contributed by atoms with E-state index in [1.807, 2.05) is 36.4 Å². The highest BCUT2D eigenvalue weighted by atomic mass is 35.5. The molecule has 3 aromatic rings. The van der Waals surface area contributed by atoms with Crippen molar-refractivity contribution in [2.75, 3.05) is 25.2 Å². The van der Waals surface area contributed by atoms with E-state index < -0.39 is 0 Å². The van der Waals surface area contributed by atoms with E-state index in [0.717, 1.165) is 15.7 Å². The van der Waals surface area contributed by atoms with Gasteiger partial charge in [0, 0.05) is 35.1 Å². The SMILES string of the molecule is CN(C)C(=O)c1ccc(NC(=O)CSc2cccc3cccc(Cl)c23)cc1Cl. The first-order valence-corrected chi connectivity index (χ1v) is 10.2.